The van der Waals surface area contributed by atoms with E-state index in [0.717, 1.165) is 31.2 Å². The van der Waals surface area contributed by atoms with Crippen LogP contribution >= 0.6 is 0 Å². The van der Waals surface area contributed by atoms with Gasteiger partial charge in [0.1, 0.15) is 0 Å². The number of nitrogens with one attached hydrogen (secondary N) is 2. The van der Waals surface area contributed by atoms with Crippen molar-refractivity contribution in [3.8, 4) is 0 Å². The van der Waals surface area contributed by atoms with Gasteiger partial charge in [-0.15, -0.1) is 0 Å². The highest BCUT2D eigenvalue weighted by molar-refractivity contribution is 6.04. The fourth-order valence-electron chi connectivity index (χ4n) is 4.16. The molecule has 0 radical (unpaired) electrons. The van der Waals surface area contributed by atoms with Crippen LogP contribution in [0.3, 0.4) is 0 Å². The maximum Gasteiger partial charge on any atom is 0.255 e. The van der Waals surface area contributed by atoms with Crippen molar-refractivity contribution in [2.75, 3.05) is 5.32 Å². The molecule has 4 rings (SSSR count). The third-order valence-corrected chi connectivity index (χ3v) is 5.90. The second-order valence-electron chi connectivity index (χ2n) is 8.19. The molecule has 0 bridgehead atoms. The first-order valence-corrected chi connectivity index (χ1v) is 11.0. The van der Waals surface area contributed by atoms with Gasteiger partial charge in [-0.3, -0.25) is 14.6 Å². The molecule has 4 N–H and O–H groups in total. The summed E-state index contributed by atoms with van der Waals surface area (Å²) in [6, 6.07) is 18.5. The van der Waals surface area contributed by atoms with Gasteiger partial charge >= 0.3 is 0 Å². The normalized spacial score (nSPS) is 16.3. The summed E-state index contributed by atoms with van der Waals surface area (Å²) in [7, 11) is 0. The van der Waals surface area contributed by atoms with Gasteiger partial charge in [0.05, 0.1) is 6.04 Å². The average molecular weight is 429 g/mol. The number of aromatic nitrogens is 1. The lowest BCUT2D eigenvalue weighted by molar-refractivity contribution is -0.122. The molecule has 1 heterocycles. The van der Waals surface area contributed by atoms with E-state index < -0.39 is 6.04 Å². The van der Waals surface area contributed by atoms with Gasteiger partial charge in [-0.05, 0) is 60.2 Å². The molecule has 1 aliphatic rings. The summed E-state index contributed by atoms with van der Waals surface area (Å²) < 4.78 is 0. The van der Waals surface area contributed by atoms with Crippen molar-refractivity contribution in [3.63, 3.8) is 0 Å². The first kappa shape index (κ1) is 21.7. The smallest absolute Gasteiger partial charge is 0.255 e. The number of fused-ring (bicyclic) bond motifs is 1. The Morgan fingerprint density at radius 3 is 2.53 bits per heavy atom. The van der Waals surface area contributed by atoms with E-state index in [2.05, 4.69) is 33.8 Å². The SMILES string of the molecule is NC(CC(=O)NC1CCCCc2ccccc21)c1ccc(C(=O)Nc2ccncc2)cc1. The van der Waals surface area contributed by atoms with Gasteiger partial charge in [0, 0.05) is 36.1 Å². The molecule has 2 aromatic carbocycles. The Morgan fingerprint density at radius 1 is 1.00 bits per heavy atom. The van der Waals surface area contributed by atoms with E-state index >= 15 is 0 Å². The van der Waals surface area contributed by atoms with Crippen molar-refractivity contribution >= 4 is 17.5 Å². The Labute approximate surface area is 188 Å². The lowest BCUT2D eigenvalue weighted by Crippen LogP contribution is -2.31. The maximum absolute atomic E-state index is 12.7. The zero-order chi connectivity index (χ0) is 22.3. The third kappa shape index (κ3) is 5.39. The highest BCUT2D eigenvalue weighted by Crippen LogP contribution is 2.29. The number of hydrogen-bond acceptors (Lipinski definition) is 4. The summed E-state index contributed by atoms with van der Waals surface area (Å²) in [5.74, 6) is -0.264. The monoisotopic (exact) mass is 428 g/mol. The number of pyridine rings is 1. The van der Waals surface area contributed by atoms with Gasteiger partial charge < -0.3 is 16.4 Å². The topological polar surface area (TPSA) is 97.1 Å². The molecule has 2 atom stereocenters. The minimum absolute atomic E-state index is 0.0349. The van der Waals surface area contributed by atoms with Crippen molar-refractivity contribution in [2.45, 2.75) is 44.2 Å². The van der Waals surface area contributed by atoms with E-state index in [4.69, 9.17) is 5.73 Å². The number of nitrogens with two attached hydrogens (primary N) is 1. The van der Waals surface area contributed by atoms with Crippen molar-refractivity contribution in [2.24, 2.45) is 5.73 Å². The number of nitrogens with zero attached hydrogens (tertiary/aromatic N) is 1. The molecule has 0 spiro atoms. The molecule has 1 aliphatic carbocycles. The number of carbonyl (C=O) groups excluding carboxylic acids is 2. The molecule has 3 aromatic rings. The molecule has 6 heteroatoms. The van der Waals surface area contributed by atoms with Crippen molar-refractivity contribution in [1.82, 2.24) is 10.3 Å². The standard InChI is InChI=1S/C26H28N4O2/c27-23(17-25(31)30-24-8-4-2-6-18-5-1-3-7-22(18)24)19-9-11-20(12-10-19)26(32)29-21-13-15-28-16-14-21/h1,3,5,7,9-16,23-24H,2,4,6,8,17,27H2,(H,30,31)(H,28,29,32). The quantitative estimate of drug-likeness (QED) is 0.510. The van der Waals surface area contributed by atoms with E-state index in [1.54, 1.807) is 48.8 Å². The van der Waals surface area contributed by atoms with Crippen molar-refractivity contribution < 1.29 is 9.59 Å². The molecule has 32 heavy (non-hydrogen) atoms. The van der Waals surface area contributed by atoms with E-state index in [0.29, 0.717) is 11.3 Å². The summed E-state index contributed by atoms with van der Waals surface area (Å²) in [5, 5.41) is 6.01. The number of carbonyl (C=O) groups is 2. The second kappa shape index (κ2) is 10.2. The number of rotatable bonds is 6. The van der Waals surface area contributed by atoms with E-state index in [1.165, 1.54) is 11.1 Å². The van der Waals surface area contributed by atoms with Crippen LogP contribution in [0.15, 0.2) is 73.1 Å². The molecular formula is C26H28N4O2. The van der Waals surface area contributed by atoms with Crippen LogP contribution in [0.4, 0.5) is 5.69 Å². The van der Waals surface area contributed by atoms with Gasteiger partial charge in [-0.1, -0.05) is 42.8 Å². The van der Waals surface area contributed by atoms with Gasteiger partial charge in [0.25, 0.3) is 5.91 Å². The zero-order valence-electron chi connectivity index (χ0n) is 18.0. The molecule has 0 saturated heterocycles. The minimum Gasteiger partial charge on any atom is -0.349 e. The van der Waals surface area contributed by atoms with Gasteiger partial charge in [-0.2, -0.15) is 0 Å². The van der Waals surface area contributed by atoms with Gasteiger partial charge in [-0.25, -0.2) is 0 Å². The minimum atomic E-state index is -0.437. The summed E-state index contributed by atoms with van der Waals surface area (Å²) in [6.45, 7) is 0. The highest BCUT2D eigenvalue weighted by atomic mass is 16.2. The summed E-state index contributed by atoms with van der Waals surface area (Å²) in [4.78, 5) is 29.1. The largest absolute Gasteiger partial charge is 0.349 e. The maximum atomic E-state index is 12.7. The molecular weight excluding hydrogens is 400 g/mol. The molecule has 2 unspecified atom stereocenters. The van der Waals surface area contributed by atoms with Gasteiger partial charge in [0.15, 0.2) is 0 Å². The predicted octanol–water partition coefficient (Wildman–Crippen LogP) is 4.31. The third-order valence-electron chi connectivity index (χ3n) is 5.90. The van der Waals surface area contributed by atoms with Crippen LogP contribution in [0.1, 0.15) is 64.8 Å². The van der Waals surface area contributed by atoms with Crippen LogP contribution in [0, 0.1) is 0 Å². The lowest BCUT2D eigenvalue weighted by atomic mass is 9.98. The molecule has 6 nitrogen and oxygen atoms in total. The molecule has 2 amide bonds. The molecule has 164 valence electrons. The Morgan fingerprint density at radius 2 is 1.75 bits per heavy atom. The Balaban J connectivity index is 1.35. The van der Waals surface area contributed by atoms with Crippen LogP contribution < -0.4 is 16.4 Å². The fourth-order valence-corrected chi connectivity index (χ4v) is 4.16. The van der Waals surface area contributed by atoms with Crippen LogP contribution in [0.2, 0.25) is 0 Å². The van der Waals surface area contributed by atoms with Crippen molar-refractivity contribution in [3.05, 3.63) is 95.3 Å². The van der Waals surface area contributed by atoms with Crippen LogP contribution in [-0.2, 0) is 11.2 Å². The average Bonchev–Trinajstić information content (AvgIpc) is 3.02. The summed E-state index contributed by atoms with van der Waals surface area (Å²) in [5.41, 5.74) is 10.9. The fraction of sp³-hybridized carbons (Fsp3) is 0.269. The first-order valence-electron chi connectivity index (χ1n) is 11.0. The first-order chi connectivity index (χ1) is 15.6. The van der Waals surface area contributed by atoms with Crippen LogP contribution in [-0.4, -0.2) is 16.8 Å². The Bertz CT molecular complexity index is 1070. The number of amides is 2. The summed E-state index contributed by atoms with van der Waals surface area (Å²) >= 11 is 0. The Hall–Kier alpha value is -3.51. The molecule has 0 saturated carbocycles. The molecule has 1 aromatic heterocycles. The predicted molar refractivity (Wildman–Crippen MR) is 125 cm³/mol. The summed E-state index contributed by atoms with van der Waals surface area (Å²) in [6.07, 6.45) is 7.68. The van der Waals surface area contributed by atoms with Crippen LogP contribution in [0.25, 0.3) is 0 Å². The van der Waals surface area contributed by atoms with E-state index in [9.17, 15) is 9.59 Å². The lowest BCUT2D eigenvalue weighted by Gasteiger charge is -2.21. The number of hydrogen-bond donors (Lipinski definition) is 3. The van der Waals surface area contributed by atoms with Crippen LogP contribution in [0.5, 0.6) is 0 Å². The van der Waals surface area contributed by atoms with E-state index in [-0.39, 0.29) is 24.3 Å². The zero-order valence-corrected chi connectivity index (χ0v) is 18.0. The van der Waals surface area contributed by atoms with E-state index in [1.807, 2.05) is 6.07 Å². The Kier molecular flexibility index (Phi) is 6.92. The van der Waals surface area contributed by atoms with Crippen molar-refractivity contribution in [1.29, 1.82) is 0 Å². The number of aryl methyl sites for hydroxylation is 1. The highest BCUT2D eigenvalue weighted by Gasteiger charge is 2.21. The number of anilines is 1. The molecule has 0 fully saturated rings. The van der Waals surface area contributed by atoms with Gasteiger partial charge in [0.2, 0.25) is 5.91 Å². The second-order valence-corrected chi connectivity index (χ2v) is 8.19. The number of benzene rings is 2. The molecule has 0 aliphatic heterocycles.